The van der Waals surface area contributed by atoms with Crippen LogP contribution in [0.5, 0.6) is 0 Å². The van der Waals surface area contributed by atoms with E-state index in [2.05, 4.69) is 0 Å². The lowest BCUT2D eigenvalue weighted by atomic mass is 9.96. The van der Waals surface area contributed by atoms with Gasteiger partial charge < -0.3 is 5.11 Å². The van der Waals surface area contributed by atoms with Crippen LogP contribution in [0.1, 0.15) is 23.5 Å². The Kier molecular flexibility index (Phi) is 3.17. The number of rotatable bonds is 2. The molecular formula is C11H11F3OS. The van der Waals surface area contributed by atoms with Gasteiger partial charge >= 0.3 is 6.18 Å². The van der Waals surface area contributed by atoms with E-state index in [1.54, 1.807) is 11.8 Å². The van der Waals surface area contributed by atoms with Gasteiger partial charge in [-0.2, -0.15) is 13.2 Å². The lowest BCUT2D eigenvalue weighted by molar-refractivity contribution is -0.137. The van der Waals surface area contributed by atoms with Crippen molar-refractivity contribution in [2.75, 3.05) is 12.4 Å². The van der Waals surface area contributed by atoms with Crippen LogP contribution in [0.25, 0.3) is 0 Å². The molecular weight excluding hydrogens is 237 g/mol. The van der Waals surface area contributed by atoms with Crippen LogP contribution in [0.4, 0.5) is 13.2 Å². The predicted octanol–water partition coefficient (Wildman–Crippen LogP) is 3.28. The van der Waals surface area contributed by atoms with Crippen LogP contribution in [-0.2, 0) is 6.18 Å². The maximum Gasteiger partial charge on any atom is 0.416 e. The molecule has 0 spiro atoms. The Bertz CT molecular complexity index is 387. The lowest BCUT2D eigenvalue weighted by Crippen LogP contribution is -2.07. The highest BCUT2D eigenvalue weighted by Gasteiger charge is 2.33. The molecule has 1 heterocycles. The Labute approximate surface area is 95.7 Å². The first-order chi connectivity index (χ1) is 7.52. The molecule has 0 radical (unpaired) electrons. The van der Waals surface area contributed by atoms with Gasteiger partial charge in [0.1, 0.15) is 0 Å². The summed E-state index contributed by atoms with van der Waals surface area (Å²) >= 11 is 1.56. The third-order valence-electron chi connectivity index (χ3n) is 2.69. The first-order valence-electron chi connectivity index (χ1n) is 4.97. The van der Waals surface area contributed by atoms with Crippen molar-refractivity contribution in [1.29, 1.82) is 0 Å². The summed E-state index contributed by atoms with van der Waals surface area (Å²) in [5.74, 6) is 0.810. The molecule has 0 aromatic heterocycles. The minimum Gasteiger partial charge on any atom is -0.396 e. The van der Waals surface area contributed by atoms with Crippen LogP contribution in [0, 0.1) is 0 Å². The number of hydrogen-bond acceptors (Lipinski definition) is 2. The molecule has 2 rings (SSSR count). The minimum absolute atomic E-state index is 0.0148. The molecule has 0 amide bonds. The Hall–Kier alpha value is -0.680. The molecule has 1 aromatic carbocycles. The normalized spacial score (nSPS) is 19.9. The average Bonchev–Trinajstić information content (AvgIpc) is 2.60. The van der Waals surface area contributed by atoms with Crippen LogP contribution in [0.3, 0.4) is 0 Å². The Morgan fingerprint density at radius 3 is 2.75 bits per heavy atom. The molecule has 88 valence electrons. The highest BCUT2D eigenvalue weighted by molar-refractivity contribution is 7.99. The molecule has 0 fully saturated rings. The summed E-state index contributed by atoms with van der Waals surface area (Å²) in [6.07, 6.45) is -3.76. The predicted molar refractivity (Wildman–Crippen MR) is 56.6 cm³/mol. The number of hydrogen-bond donors (Lipinski definition) is 1. The van der Waals surface area contributed by atoms with Gasteiger partial charge in [0, 0.05) is 17.3 Å². The maximum absolute atomic E-state index is 12.5. The van der Waals surface area contributed by atoms with Crippen molar-refractivity contribution in [3.63, 3.8) is 0 Å². The summed E-state index contributed by atoms with van der Waals surface area (Å²) in [5, 5.41) is 8.85. The van der Waals surface area contributed by atoms with Crippen LogP contribution in [0.2, 0.25) is 0 Å². The highest BCUT2D eigenvalue weighted by atomic mass is 32.2. The number of aliphatic hydroxyl groups is 1. The quantitative estimate of drug-likeness (QED) is 0.866. The number of aliphatic hydroxyl groups excluding tert-OH is 1. The minimum atomic E-state index is -4.29. The van der Waals surface area contributed by atoms with Crippen LogP contribution >= 0.6 is 11.8 Å². The van der Waals surface area contributed by atoms with Gasteiger partial charge in [0.25, 0.3) is 0 Å². The Balaban J connectivity index is 2.34. The summed E-state index contributed by atoms with van der Waals surface area (Å²) < 4.78 is 37.5. The third kappa shape index (κ3) is 2.20. The zero-order valence-corrected chi connectivity index (χ0v) is 9.24. The van der Waals surface area contributed by atoms with Gasteiger partial charge in [-0.1, -0.05) is 0 Å². The van der Waals surface area contributed by atoms with E-state index in [-0.39, 0.29) is 12.5 Å². The smallest absolute Gasteiger partial charge is 0.396 e. The molecule has 1 aromatic rings. The summed E-state index contributed by atoms with van der Waals surface area (Å²) in [7, 11) is 0. The molecule has 1 aliphatic rings. The molecule has 16 heavy (non-hydrogen) atoms. The summed E-state index contributed by atoms with van der Waals surface area (Å²) in [6, 6.07) is 3.86. The molecule has 5 heteroatoms. The summed E-state index contributed by atoms with van der Waals surface area (Å²) in [6.45, 7) is 0.0148. The second-order valence-corrected chi connectivity index (χ2v) is 4.83. The molecule has 1 aliphatic heterocycles. The Morgan fingerprint density at radius 1 is 1.38 bits per heavy atom. The second kappa shape index (κ2) is 4.30. The third-order valence-corrected chi connectivity index (χ3v) is 3.95. The van der Waals surface area contributed by atoms with Crippen LogP contribution in [0.15, 0.2) is 23.1 Å². The van der Waals surface area contributed by atoms with E-state index in [1.807, 2.05) is 0 Å². The number of halogens is 3. The monoisotopic (exact) mass is 248 g/mol. The van der Waals surface area contributed by atoms with E-state index < -0.39 is 11.7 Å². The fraction of sp³-hybridized carbons (Fsp3) is 0.455. The van der Waals surface area contributed by atoms with Crippen LogP contribution < -0.4 is 0 Å². The molecule has 1 N–H and O–H groups in total. The van der Waals surface area contributed by atoms with Gasteiger partial charge in [-0.05, 0) is 36.1 Å². The van der Waals surface area contributed by atoms with Crippen molar-refractivity contribution < 1.29 is 18.3 Å². The zero-order chi connectivity index (χ0) is 11.8. The average molecular weight is 248 g/mol. The maximum atomic E-state index is 12.5. The lowest BCUT2D eigenvalue weighted by Gasteiger charge is -2.12. The Morgan fingerprint density at radius 2 is 2.12 bits per heavy atom. The molecule has 1 nitrogen and oxygen atoms in total. The number of benzene rings is 1. The molecule has 1 unspecified atom stereocenters. The number of alkyl halides is 3. The molecule has 0 saturated heterocycles. The van der Waals surface area contributed by atoms with Gasteiger partial charge in [0.2, 0.25) is 0 Å². The molecule has 0 saturated carbocycles. The molecule has 1 atom stereocenters. The van der Waals surface area contributed by atoms with Crippen LogP contribution in [-0.4, -0.2) is 17.5 Å². The van der Waals surface area contributed by atoms with Crippen molar-refractivity contribution in [1.82, 2.24) is 0 Å². The van der Waals surface area contributed by atoms with Gasteiger partial charge in [0.05, 0.1) is 5.56 Å². The molecule has 0 bridgehead atoms. The highest BCUT2D eigenvalue weighted by Crippen LogP contribution is 2.43. The fourth-order valence-electron chi connectivity index (χ4n) is 1.85. The van der Waals surface area contributed by atoms with Crippen molar-refractivity contribution >= 4 is 11.8 Å². The largest absolute Gasteiger partial charge is 0.416 e. The number of fused-ring (bicyclic) bond motifs is 1. The van der Waals surface area contributed by atoms with E-state index in [0.29, 0.717) is 6.42 Å². The van der Waals surface area contributed by atoms with E-state index >= 15 is 0 Å². The fourth-order valence-corrected chi connectivity index (χ4v) is 3.13. The molecule has 0 aliphatic carbocycles. The zero-order valence-electron chi connectivity index (χ0n) is 8.42. The van der Waals surface area contributed by atoms with Crippen molar-refractivity contribution in [3.05, 3.63) is 29.3 Å². The van der Waals surface area contributed by atoms with Crippen molar-refractivity contribution in [2.45, 2.75) is 23.4 Å². The van der Waals surface area contributed by atoms with Gasteiger partial charge in [-0.25, -0.2) is 0 Å². The summed E-state index contributed by atoms with van der Waals surface area (Å²) in [5.41, 5.74) is 0.130. The first-order valence-corrected chi connectivity index (χ1v) is 5.95. The van der Waals surface area contributed by atoms with E-state index in [4.69, 9.17) is 5.11 Å². The van der Waals surface area contributed by atoms with E-state index in [9.17, 15) is 13.2 Å². The van der Waals surface area contributed by atoms with E-state index in [1.165, 1.54) is 12.1 Å². The summed E-state index contributed by atoms with van der Waals surface area (Å²) in [4.78, 5) is 0.909. The number of thioether (sulfide) groups is 1. The van der Waals surface area contributed by atoms with Crippen molar-refractivity contribution in [2.24, 2.45) is 0 Å². The first kappa shape index (κ1) is 11.8. The SMILES string of the molecule is OCCC1CSc2ccc(C(F)(F)F)cc21. The van der Waals surface area contributed by atoms with Crippen molar-refractivity contribution in [3.8, 4) is 0 Å². The standard InChI is InChI=1S/C11H11F3OS/c12-11(13,14)8-1-2-10-9(5-8)7(3-4-15)6-16-10/h1-2,5,7,15H,3-4,6H2. The topological polar surface area (TPSA) is 20.2 Å². The van der Waals surface area contributed by atoms with Gasteiger partial charge in [0.15, 0.2) is 0 Å². The van der Waals surface area contributed by atoms with E-state index in [0.717, 1.165) is 22.3 Å². The second-order valence-electron chi connectivity index (χ2n) is 3.77. The van der Waals surface area contributed by atoms with Gasteiger partial charge in [-0.3, -0.25) is 0 Å². The van der Waals surface area contributed by atoms with Gasteiger partial charge in [-0.15, -0.1) is 11.8 Å².